The van der Waals surface area contributed by atoms with Crippen LogP contribution in [0.2, 0.25) is 5.02 Å². The van der Waals surface area contributed by atoms with Crippen molar-refractivity contribution in [2.24, 2.45) is 0 Å². The fourth-order valence-electron chi connectivity index (χ4n) is 2.45. The summed E-state index contributed by atoms with van der Waals surface area (Å²) in [7, 11) is 1.62. The lowest BCUT2D eigenvalue weighted by atomic mass is 10.2. The van der Waals surface area contributed by atoms with E-state index in [4.69, 9.17) is 21.3 Å². The second kappa shape index (κ2) is 5.62. The zero-order chi connectivity index (χ0) is 15.8. The van der Waals surface area contributed by atoms with E-state index < -0.39 is 0 Å². The van der Waals surface area contributed by atoms with Gasteiger partial charge in [0.05, 0.1) is 19.5 Å². The van der Waals surface area contributed by atoms with Crippen LogP contribution in [0.3, 0.4) is 0 Å². The van der Waals surface area contributed by atoms with Crippen molar-refractivity contribution < 1.29 is 4.74 Å². The molecule has 1 aliphatic rings. The van der Waals surface area contributed by atoms with Gasteiger partial charge in [-0.05, 0) is 37.1 Å². The summed E-state index contributed by atoms with van der Waals surface area (Å²) in [4.78, 5) is 4.71. The minimum atomic E-state index is 0.440. The smallest absolute Gasteiger partial charge is 0.165 e. The maximum absolute atomic E-state index is 6.16. The number of rotatable bonds is 4. The molecule has 6 nitrogen and oxygen atoms in total. The number of nitrogens with zero attached hydrogens (tertiary/aromatic N) is 5. The van der Waals surface area contributed by atoms with Crippen molar-refractivity contribution in [3.8, 4) is 22.8 Å². The summed E-state index contributed by atoms with van der Waals surface area (Å²) in [5.41, 5.74) is 1.60. The first kappa shape index (κ1) is 14.1. The van der Waals surface area contributed by atoms with Crippen molar-refractivity contribution in [2.75, 3.05) is 7.11 Å². The molecule has 2 aromatic heterocycles. The highest BCUT2D eigenvalue weighted by Gasteiger charge is 2.30. The van der Waals surface area contributed by atoms with Gasteiger partial charge in [-0.25, -0.2) is 9.67 Å². The van der Waals surface area contributed by atoms with Crippen LogP contribution < -0.4 is 4.74 Å². The molecule has 1 fully saturated rings. The van der Waals surface area contributed by atoms with E-state index >= 15 is 0 Å². The molecule has 1 saturated carbocycles. The Balaban J connectivity index is 1.92. The van der Waals surface area contributed by atoms with Gasteiger partial charge in [0.15, 0.2) is 11.6 Å². The van der Waals surface area contributed by atoms with Crippen molar-refractivity contribution in [1.29, 1.82) is 0 Å². The topological polar surface area (TPSA) is 65.7 Å². The van der Waals surface area contributed by atoms with E-state index in [2.05, 4.69) is 15.3 Å². The van der Waals surface area contributed by atoms with Gasteiger partial charge in [-0.1, -0.05) is 11.6 Å². The molecule has 1 aromatic carbocycles. The first-order chi connectivity index (χ1) is 11.3. The van der Waals surface area contributed by atoms with E-state index in [0.717, 1.165) is 29.9 Å². The van der Waals surface area contributed by atoms with E-state index in [0.29, 0.717) is 22.5 Å². The summed E-state index contributed by atoms with van der Waals surface area (Å²) >= 11 is 6.16. The molecular formula is C16H14ClN5O. The summed E-state index contributed by atoms with van der Waals surface area (Å²) < 4.78 is 7.23. The van der Waals surface area contributed by atoms with E-state index in [1.165, 1.54) is 0 Å². The first-order valence-electron chi connectivity index (χ1n) is 7.34. The number of methoxy groups -OCH3 is 1. The average Bonchev–Trinajstić information content (AvgIpc) is 3.34. The standard InChI is InChI=1S/C16H14ClN5O/c1-23-14-5-4-12(17)8-13(14)22-16(11-6-7-18-19-9-11)20-15(21-22)10-2-3-10/h4-10H,2-3H2,1H3. The van der Waals surface area contributed by atoms with E-state index in [1.807, 2.05) is 18.2 Å². The fraction of sp³-hybridized carbons (Fsp3) is 0.250. The molecule has 0 radical (unpaired) electrons. The van der Waals surface area contributed by atoms with Crippen molar-refractivity contribution in [1.82, 2.24) is 25.0 Å². The van der Waals surface area contributed by atoms with Gasteiger partial charge in [0.25, 0.3) is 0 Å². The van der Waals surface area contributed by atoms with Crippen LogP contribution in [0.5, 0.6) is 5.75 Å². The molecule has 0 atom stereocenters. The Morgan fingerprint density at radius 1 is 1.22 bits per heavy atom. The number of ether oxygens (including phenoxy) is 1. The molecule has 116 valence electrons. The second-order valence-electron chi connectivity index (χ2n) is 5.43. The molecule has 1 aliphatic carbocycles. The normalized spacial score (nSPS) is 14.0. The van der Waals surface area contributed by atoms with Crippen LogP contribution in [0.25, 0.3) is 17.1 Å². The monoisotopic (exact) mass is 327 g/mol. The number of hydrogen-bond acceptors (Lipinski definition) is 5. The van der Waals surface area contributed by atoms with Crippen LogP contribution in [0, 0.1) is 0 Å². The molecule has 7 heteroatoms. The number of halogens is 1. The highest BCUT2D eigenvalue weighted by atomic mass is 35.5. The van der Waals surface area contributed by atoms with Crippen molar-refractivity contribution >= 4 is 11.6 Å². The van der Waals surface area contributed by atoms with E-state index in [9.17, 15) is 0 Å². The Morgan fingerprint density at radius 2 is 2.09 bits per heavy atom. The Hall–Kier alpha value is -2.47. The Kier molecular flexibility index (Phi) is 3.46. The number of hydrogen-bond donors (Lipinski definition) is 0. The molecule has 0 spiro atoms. The summed E-state index contributed by atoms with van der Waals surface area (Å²) in [5.74, 6) is 2.68. The van der Waals surface area contributed by atoms with Gasteiger partial charge in [-0.3, -0.25) is 0 Å². The van der Waals surface area contributed by atoms with Crippen LogP contribution in [0.4, 0.5) is 0 Å². The maximum atomic E-state index is 6.16. The SMILES string of the molecule is COc1ccc(Cl)cc1-n1nc(C2CC2)nc1-c1ccnnc1. The molecule has 2 heterocycles. The van der Waals surface area contributed by atoms with Gasteiger partial charge in [0.1, 0.15) is 11.4 Å². The molecule has 4 rings (SSSR count). The second-order valence-corrected chi connectivity index (χ2v) is 5.86. The third-order valence-corrected chi connectivity index (χ3v) is 4.01. The van der Waals surface area contributed by atoms with Gasteiger partial charge in [-0.15, -0.1) is 0 Å². The predicted octanol–water partition coefficient (Wildman–Crippen LogP) is 3.26. The molecule has 0 saturated heterocycles. The Labute approximate surface area is 138 Å². The van der Waals surface area contributed by atoms with Crippen molar-refractivity contribution in [2.45, 2.75) is 18.8 Å². The molecule has 3 aromatic rings. The predicted molar refractivity (Wildman–Crippen MR) is 85.9 cm³/mol. The summed E-state index contributed by atoms with van der Waals surface area (Å²) in [6.07, 6.45) is 5.57. The summed E-state index contributed by atoms with van der Waals surface area (Å²) in [5, 5.41) is 13.1. The number of benzene rings is 1. The van der Waals surface area contributed by atoms with Crippen LogP contribution >= 0.6 is 11.6 Å². The van der Waals surface area contributed by atoms with Crippen LogP contribution in [0.15, 0.2) is 36.7 Å². The van der Waals surface area contributed by atoms with E-state index in [-0.39, 0.29) is 0 Å². The molecule has 0 N–H and O–H groups in total. The lowest BCUT2D eigenvalue weighted by molar-refractivity contribution is 0.412. The highest BCUT2D eigenvalue weighted by Crippen LogP contribution is 2.40. The molecule has 0 amide bonds. The number of aromatic nitrogens is 5. The Bertz CT molecular complexity index is 845. The van der Waals surface area contributed by atoms with Crippen molar-refractivity contribution in [3.05, 3.63) is 47.5 Å². The third-order valence-electron chi connectivity index (χ3n) is 3.78. The van der Waals surface area contributed by atoms with Gasteiger partial charge < -0.3 is 4.74 Å². The van der Waals surface area contributed by atoms with Gasteiger partial charge >= 0.3 is 0 Å². The van der Waals surface area contributed by atoms with E-state index in [1.54, 1.807) is 30.3 Å². The van der Waals surface area contributed by atoms with Crippen LogP contribution in [0.1, 0.15) is 24.6 Å². The largest absolute Gasteiger partial charge is 0.494 e. The first-order valence-corrected chi connectivity index (χ1v) is 7.72. The zero-order valence-electron chi connectivity index (χ0n) is 12.5. The summed E-state index contributed by atoms with van der Waals surface area (Å²) in [6.45, 7) is 0. The molecule has 0 unspecified atom stereocenters. The molecule has 0 aliphatic heterocycles. The highest BCUT2D eigenvalue weighted by molar-refractivity contribution is 6.30. The summed E-state index contributed by atoms with van der Waals surface area (Å²) in [6, 6.07) is 7.30. The fourth-order valence-corrected chi connectivity index (χ4v) is 2.62. The maximum Gasteiger partial charge on any atom is 0.165 e. The van der Waals surface area contributed by atoms with Crippen LogP contribution in [-0.2, 0) is 0 Å². The molecule has 0 bridgehead atoms. The Morgan fingerprint density at radius 3 is 2.78 bits per heavy atom. The van der Waals surface area contributed by atoms with Gasteiger partial charge in [-0.2, -0.15) is 15.3 Å². The minimum absolute atomic E-state index is 0.440. The van der Waals surface area contributed by atoms with Gasteiger partial charge in [0.2, 0.25) is 0 Å². The molecular weight excluding hydrogens is 314 g/mol. The lowest BCUT2D eigenvalue weighted by Crippen LogP contribution is -2.03. The lowest BCUT2D eigenvalue weighted by Gasteiger charge is -2.10. The molecule has 23 heavy (non-hydrogen) atoms. The third kappa shape index (κ3) is 2.66. The average molecular weight is 328 g/mol. The van der Waals surface area contributed by atoms with Crippen molar-refractivity contribution in [3.63, 3.8) is 0 Å². The van der Waals surface area contributed by atoms with Gasteiger partial charge in [0, 0.05) is 16.5 Å². The minimum Gasteiger partial charge on any atom is -0.494 e. The van der Waals surface area contributed by atoms with Crippen LogP contribution in [-0.4, -0.2) is 32.1 Å². The zero-order valence-corrected chi connectivity index (χ0v) is 13.2. The quantitative estimate of drug-likeness (QED) is 0.735.